The lowest BCUT2D eigenvalue weighted by Crippen LogP contribution is -2.44. The van der Waals surface area contributed by atoms with Crippen LogP contribution < -0.4 is 15.8 Å². The molecule has 1 amide bonds. The van der Waals surface area contributed by atoms with Gasteiger partial charge in [0.2, 0.25) is 16.0 Å². The third-order valence-electron chi connectivity index (χ3n) is 5.22. The van der Waals surface area contributed by atoms with Crippen LogP contribution in [0, 0.1) is 6.92 Å². The summed E-state index contributed by atoms with van der Waals surface area (Å²) in [5.74, 6) is 0.0372. The van der Waals surface area contributed by atoms with E-state index in [0.717, 1.165) is 58.7 Å². The zero-order valence-electron chi connectivity index (χ0n) is 16.1. The van der Waals surface area contributed by atoms with Crippen molar-refractivity contribution < 1.29 is 9.53 Å². The van der Waals surface area contributed by atoms with Crippen molar-refractivity contribution in [3.63, 3.8) is 0 Å². The molecule has 2 aromatic rings. The number of aromatic nitrogens is 3. The molecule has 1 N–H and O–H groups in total. The zero-order valence-corrected chi connectivity index (χ0v) is 16.9. The van der Waals surface area contributed by atoms with Gasteiger partial charge in [0.05, 0.1) is 13.2 Å². The number of fused-ring (bicyclic) bond motifs is 1. The maximum Gasteiger partial charge on any atom is 0.275 e. The summed E-state index contributed by atoms with van der Waals surface area (Å²) in [6.07, 6.45) is 2.66. The fourth-order valence-electron chi connectivity index (χ4n) is 3.75. The molecule has 0 saturated carbocycles. The van der Waals surface area contributed by atoms with Gasteiger partial charge in [-0.05, 0) is 32.7 Å². The van der Waals surface area contributed by atoms with Gasteiger partial charge in [0.1, 0.15) is 6.04 Å². The molecule has 2 fully saturated rings. The van der Waals surface area contributed by atoms with E-state index in [0.29, 0.717) is 22.3 Å². The van der Waals surface area contributed by atoms with E-state index in [4.69, 9.17) is 4.74 Å². The number of carbonyl (C=O) groups is 1. The van der Waals surface area contributed by atoms with Crippen LogP contribution in [0.3, 0.4) is 0 Å². The molecule has 1 unspecified atom stereocenters. The third-order valence-corrected chi connectivity index (χ3v) is 6.16. The van der Waals surface area contributed by atoms with E-state index in [9.17, 15) is 9.59 Å². The van der Waals surface area contributed by atoms with Crippen molar-refractivity contribution in [3.05, 3.63) is 22.1 Å². The molecule has 10 heteroatoms. The van der Waals surface area contributed by atoms with E-state index in [1.807, 2.05) is 4.90 Å². The minimum atomic E-state index is -0.235. The van der Waals surface area contributed by atoms with Crippen LogP contribution in [0.5, 0.6) is 0 Å². The Labute approximate surface area is 167 Å². The molecular formula is C18H26N6O3S. The second kappa shape index (κ2) is 8.54. The van der Waals surface area contributed by atoms with Crippen molar-refractivity contribution in [1.82, 2.24) is 24.8 Å². The molecule has 0 aromatic carbocycles. The van der Waals surface area contributed by atoms with Gasteiger partial charge in [-0.15, -0.1) is 5.10 Å². The fourth-order valence-corrected chi connectivity index (χ4v) is 4.78. The van der Waals surface area contributed by atoms with Crippen LogP contribution in [-0.2, 0) is 9.53 Å². The lowest BCUT2D eigenvalue weighted by atomic mass is 10.2. The first-order valence-electron chi connectivity index (χ1n) is 9.84. The smallest absolute Gasteiger partial charge is 0.275 e. The van der Waals surface area contributed by atoms with Gasteiger partial charge in [0.25, 0.3) is 5.56 Å². The normalized spacial score (nSPS) is 20.8. The quantitative estimate of drug-likeness (QED) is 0.688. The number of ether oxygens (including phenoxy) is 1. The number of rotatable bonds is 6. The summed E-state index contributed by atoms with van der Waals surface area (Å²) >= 11 is 1.36. The number of morpholine rings is 1. The van der Waals surface area contributed by atoms with Gasteiger partial charge < -0.3 is 15.0 Å². The molecule has 1 atom stereocenters. The highest BCUT2D eigenvalue weighted by Crippen LogP contribution is 2.29. The fraction of sp³-hybridized carbons (Fsp3) is 0.667. The minimum Gasteiger partial charge on any atom is -0.379 e. The van der Waals surface area contributed by atoms with Gasteiger partial charge in [-0.25, -0.2) is 4.98 Å². The van der Waals surface area contributed by atoms with Crippen LogP contribution in [0.25, 0.3) is 4.96 Å². The molecule has 4 heterocycles. The number of nitrogens with one attached hydrogen (secondary N) is 1. The first-order chi connectivity index (χ1) is 13.6. The summed E-state index contributed by atoms with van der Waals surface area (Å²) in [4.78, 5) is 34.1. The Hall–Kier alpha value is -2.04. The second-order valence-corrected chi connectivity index (χ2v) is 8.20. The second-order valence-electron chi connectivity index (χ2n) is 7.26. The Morgan fingerprint density at radius 3 is 3.00 bits per heavy atom. The number of nitrogens with zero attached hydrogens (tertiary/aromatic N) is 5. The van der Waals surface area contributed by atoms with E-state index >= 15 is 0 Å². The maximum atomic E-state index is 12.7. The van der Waals surface area contributed by atoms with Gasteiger partial charge in [-0.3, -0.25) is 14.5 Å². The van der Waals surface area contributed by atoms with Crippen LogP contribution in [0.4, 0.5) is 5.13 Å². The summed E-state index contributed by atoms with van der Waals surface area (Å²) in [5.41, 5.74) is 0.490. The maximum absolute atomic E-state index is 12.7. The molecule has 0 spiro atoms. The summed E-state index contributed by atoms with van der Waals surface area (Å²) in [7, 11) is 0. The molecule has 9 nitrogen and oxygen atoms in total. The van der Waals surface area contributed by atoms with Crippen molar-refractivity contribution in [3.8, 4) is 0 Å². The predicted molar refractivity (Wildman–Crippen MR) is 107 cm³/mol. The van der Waals surface area contributed by atoms with Gasteiger partial charge in [-0.1, -0.05) is 11.3 Å². The number of hydrogen-bond acceptors (Lipinski definition) is 8. The molecule has 2 aromatic heterocycles. The molecule has 4 rings (SSSR count). The lowest BCUT2D eigenvalue weighted by Gasteiger charge is -2.26. The first kappa shape index (κ1) is 19.3. The monoisotopic (exact) mass is 406 g/mol. The van der Waals surface area contributed by atoms with Gasteiger partial charge in [-0.2, -0.15) is 4.52 Å². The third kappa shape index (κ3) is 4.18. The Bertz CT molecular complexity index is 891. The highest BCUT2D eigenvalue weighted by molar-refractivity contribution is 7.20. The topological polar surface area (TPSA) is 92.1 Å². The molecule has 28 heavy (non-hydrogen) atoms. The number of amides is 1. The summed E-state index contributed by atoms with van der Waals surface area (Å²) in [6.45, 7) is 7.73. The van der Waals surface area contributed by atoms with Crippen LogP contribution in [0.15, 0.2) is 10.9 Å². The van der Waals surface area contributed by atoms with Crippen LogP contribution in [0.1, 0.15) is 25.0 Å². The molecule has 2 aliphatic heterocycles. The van der Waals surface area contributed by atoms with E-state index in [2.05, 4.69) is 20.3 Å². The summed E-state index contributed by atoms with van der Waals surface area (Å²) in [6, 6.07) is 1.24. The standard InChI is InChI=1S/C18H26N6O3S/c1-13-12-15(25)24-17(20-13)28-18(21-24)23-7-2-4-14(23)16(26)19-5-3-6-22-8-10-27-11-9-22/h12,14H,2-11H2,1H3,(H,19,26). The molecule has 0 bridgehead atoms. The van der Waals surface area contributed by atoms with E-state index in [-0.39, 0.29) is 17.5 Å². The minimum absolute atomic E-state index is 0.0372. The average Bonchev–Trinajstić information content (AvgIpc) is 3.32. The highest BCUT2D eigenvalue weighted by Gasteiger charge is 2.33. The van der Waals surface area contributed by atoms with E-state index in [1.165, 1.54) is 21.9 Å². The zero-order chi connectivity index (χ0) is 19.5. The van der Waals surface area contributed by atoms with Crippen LogP contribution in [-0.4, -0.2) is 77.4 Å². The SMILES string of the molecule is Cc1cc(=O)n2nc(N3CCCC3C(=O)NCCCN3CCOCC3)sc2n1. The highest BCUT2D eigenvalue weighted by atomic mass is 32.1. The Morgan fingerprint density at radius 1 is 1.36 bits per heavy atom. The Balaban J connectivity index is 1.35. The summed E-state index contributed by atoms with van der Waals surface area (Å²) in [5, 5.41) is 8.17. The van der Waals surface area contributed by atoms with Crippen molar-refractivity contribution in [2.45, 2.75) is 32.2 Å². The van der Waals surface area contributed by atoms with E-state index < -0.39 is 0 Å². The number of aryl methyl sites for hydroxylation is 1. The van der Waals surface area contributed by atoms with Crippen LogP contribution >= 0.6 is 11.3 Å². The number of carbonyl (C=O) groups excluding carboxylic acids is 1. The molecular weight excluding hydrogens is 380 g/mol. The summed E-state index contributed by atoms with van der Waals surface area (Å²) < 4.78 is 6.68. The number of hydrogen-bond donors (Lipinski definition) is 1. The van der Waals surface area contributed by atoms with Gasteiger partial charge in [0.15, 0.2) is 0 Å². The molecule has 0 aliphatic carbocycles. The lowest BCUT2D eigenvalue weighted by molar-refractivity contribution is -0.122. The van der Waals surface area contributed by atoms with Crippen molar-refractivity contribution >= 4 is 27.3 Å². The molecule has 152 valence electrons. The largest absolute Gasteiger partial charge is 0.379 e. The predicted octanol–water partition coefficient (Wildman–Crippen LogP) is 0.267. The van der Waals surface area contributed by atoms with Crippen molar-refractivity contribution in [2.75, 3.05) is 50.8 Å². The molecule has 0 radical (unpaired) electrons. The molecule has 2 saturated heterocycles. The molecule has 2 aliphatic rings. The van der Waals surface area contributed by atoms with E-state index in [1.54, 1.807) is 6.92 Å². The van der Waals surface area contributed by atoms with Crippen molar-refractivity contribution in [2.24, 2.45) is 0 Å². The average molecular weight is 407 g/mol. The van der Waals surface area contributed by atoms with Crippen LogP contribution in [0.2, 0.25) is 0 Å². The number of anilines is 1. The first-order valence-corrected chi connectivity index (χ1v) is 10.7. The van der Waals surface area contributed by atoms with Gasteiger partial charge in [0, 0.05) is 37.9 Å². The van der Waals surface area contributed by atoms with Gasteiger partial charge >= 0.3 is 0 Å². The Morgan fingerprint density at radius 2 is 2.18 bits per heavy atom. The van der Waals surface area contributed by atoms with Crippen molar-refractivity contribution in [1.29, 1.82) is 0 Å². The Kier molecular flexibility index (Phi) is 5.88.